The molecule has 0 spiro atoms. The Kier molecular flexibility index (Phi) is 4.69. The third-order valence-corrected chi connectivity index (χ3v) is 2.20. The molecule has 0 radical (unpaired) electrons. The molecule has 0 fully saturated rings. The molecule has 0 aliphatic carbocycles. The number of rotatable bonds is 5. The van der Waals surface area contributed by atoms with Crippen molar-refractivity contribution in [3.63, 3.8) is 0 Å². The third kappa shape index (κ3) is 4.99. The van der Waals surface area contributed by atoms with E-state index in [1.165, 1.54) is 0 Å². The van der Waals surface area contributed by atoms with Gasteiger partial charge >= 0.3 is 5.97 Å². The van der Waals surface area contributed by atoms with Crippen LogP contribution in [0.25, 0.3) is 0 Å². The summed E-state index contributed by atoms with van der Waals surface area (Å²) < 4.78 is 6.71. The molecule has 0 atom stereocenters. The molecule has 1 aromatic heterocycles. The van der Waals surface area contributed by atoms with Crippen LogP contribution in [0, 0.1) is 0 Å². The first-order valence-corrected chi connectivity index (χ1v) is 5.82. The molecule has 5 heteroatoms. The van der Waals surface area contributed by atoms with Crippen molar-refractivity contribution in [2.24, 2.45) is 0 Å². The number of aromatic nitrogens is 2. The van der Waals surface area contributed by atoms with E-state index in [2.05, 4.69) is 31.1 Å². The highest BCUT2D eigenvalue weighted by atomic mass is 16.5. The van der Waals surface area contributed by atoms with Gasteiger partial charge in [0.15, 0.2) is 0 Å². The maximum Gasteiger partial charge on any atom is 0.325 e. The van der Waals surface area contributed by atoms with Gasteiger partial charge in [-0.15, -0.1) is 0 Å². The Labute approximate surface area is 102 Å². The Bertz CT molecular complexity index is 366. The van der Waals surface area contributed by atoms with Gasteiger partial charge in [-0.25, -0.2) is 4.98 Å². The van der Waals surface area contributed by atoms with Crippen molar-refractivity contribution < 1.29 is 9.53 Å². The average Bonchev–Trinajstić information content (AvgIpc) is 2.61. The largest absolute Gasteiger partial charge is 0.465 e. The Morgan fingerprint density at radius 2 is 2.24 bits per heavy atom. The minimum Gasteiger partial charge on any atom is -0.465 e. The van der Waals surface area contributed by atoms with Crippen LogP contribution in [0.3, 0.4) is 0 Å². The summed E-state index contributed by atoms with van der Waals surface area (Å²) >= 11 is 0. The number of hydrogen-bond acceptors (Lipinski definition) is 4. The Morgan fingerprint density at radius 3 is 2.82 bits per heavy atom. The van der Waals surface area contributed by atoms with Crippen molar-refractivity contribution in [2.45, 2.75) is 46.3 Å². The first-order chi connectivity index (χ1) is 7.92. The van der Waals surface area contributed by atoms with Crippen LogP contribution < -0.4 is 5.32 Å². The first-order valence-electron chi connectivity index (χ1n) is 5.82. The van der Waals surface area contributed by atoms with Crippen LogP contribution in [0.15, 0.2) is 12.5 Å². The zero-order valence-electron chi connectivity index (χ0n) is 11.0. The van der Waals surface area contributed by atoms with Crippen LogP contribution in [0.5, 0.6) is 0 Å². The highest BCUT2D eigenvalue weighted by molar-refractivity contribution is 5.69. The summed E-state index contributed by atoms with van der Waals surface area (Å²) in [7, 11) is 0. The number of imidazole rings is 1. The van der Waals surface area contributed by atoms with Gasteiger partial charge in [-0.2, -0.15) is 0 Å². The molecule has 0 saturated heterocycles. The third-order valence-electron chi connectivity index (χ3n) is 2.20. The maximum absolute atomic E-state index is 11.4. The molecule has 0 amide bonds. The first kappa shape index (κ1) is 13.7. The number of carbonyl (C=O) groups excluding carboxylic acids is 1. The number of ether oxygens (including phenoxy) is 1. The highest BCUT2D eigenvalue weighted by Gasteiger charge is 2.12. The second-order valence-electron chi connectivity index (χ2n) is 4.92. The monoisotopic (exact) mass is 239 g/mol. The van der Waals surface area contributed by atoms with Crippen molar-refractivity contribution in [1.29, 1.82) is 0 Å². The Balaban J connectivity index is 2.57. The van der Waals surface area contributed by atoms with Gasteiger partial charge in [0, 0.05) is 18.3 Å². The molecular weight excluding hydrogens is 218 g/mol. The van der Waals surface area contributed by atoms with E-state index in [-0.39, 0.29) is 18.1 Å². The van der Waals surface area contributed by atoms with Gasteiger partial charge < -0.3 is 14.6 Å². The fourth-order valence-electron chi connectivity index (χ4n) is 1.34. The van der Waals surface area contributed by atoms with Crippen molar-refractivity contribution in [2.75, 3.05) is 6.61 Å². The molecule has 0 aromatic carbocycles. The lowest BCUT2D eigenvalue weighted by Crippen LogP contribution is -2.35. The molecule has 1 rings (SSSR count). The molecule has 0 saturated carbocycles. The molecule has 1 N–H and O–H groups in total. The normalized spacial score (nSPS) is 11.5. The second kappa shape index (κ2) is 5.82. The van der Waals surface area contributed by atoms with Crippen LogP contribution >= 0.6 is 0 Å². The summed E-state index contributed by atoms with van der Waals surface area (Å²) in [6.45, 7) is 9.39. The van der Waals surface area contributed by atoms with E-state index in [9.17, 15) is 4.79 Å². The van der Waals surface area contributed by atoms with Crippen LogP contribution in [-0.2, 0) is 22.6 Å². The number of nitrogens with one attached hydrogen (secondary N) is 1. The molecule has 1 aromatic rings. The van der Waals surface area contributed by atoms with Gasteiger partial charge in [-0.05, 0) is 27.7 Å². The van der Waals surface area contributed by atoms with Crippen molar-refractivity contribution in [1.82, 2.24) is 14.9 Å². The molecule has 1 heterocycles. The van der Waals surface area contributed by atoms with E-state index >= 15 is 0 Å². The van der Waals surface area contributed by atoms with Crippen LogP contribution in [0.2, 0.25) is 0 Å². The van der Waals surface area contributed by atoms with Crippen molar-refractivity contribution in [3.05, 3.63) is 18.2 Å². The predicted molar refractivity (Wildman–Crippen MR) is 65.5 cm³/mol. The van der Waals surface area contributed by atoms with Crippen LogP contribution in [-0.4, -0.2) is 27.7 Å². The molecule has 0 unspecified atom stereocenters. The van der Waals surface area contributed by atoms with Gasteiger partial charge in [0.2, 0.25) is 0 Å². The number of nitrogens with zero attached hydrogens (tertiary/aromatic N) is 2. The molecule has 0 aliphatic heterocycles. The lowest BCUT2D eigenvalue weighted by molar-refractivity contribution is -0.143. The summed E-state index contributed by atoms with van der Waals surface area (Å²) in [5.74, 6) is -0.234. The van der Waals surface area contributed by atoms with Crippen LogP contribution in [0.1, 0.15) is 33.4 Å². The van der Waals surface area contributed by atoms with E-state index in [1.807, 2.05) is 0 Å². The quantitative estimate of drug-likeness (QED) is 0.788. The zero-order valence-corrected chi connectivity index (χ0v) is 11.0. The topological polar surface area (TPSA) is 56.2 Å². The lowest BCUT2D eigenvalue weighted by Gasteiger charge is -2.20. The Morgan fingerprint density at radius 1 is 1.53 bits per heavy atom. The highest BCUT2D eigenvalue weighted by Crippen LogP contribution is 2.04. The van der Waals surface area contributed by atoms with E-state index in [0.717, 1.165) is 5.69 Å². The van der Waals surface area contributed by atoms with Crippen molar-refractivity contribution >= 4 is 5.97 Å². The van der Waals surface area contributed by atoms with E-state index in [4.69, 9.17) is 4.74 Å². The van der Waals surface area contributed by atoms with E-state index < -0.39 is 0 Å². The summed E-state index contributed by atoms with van der Waals surface area (Å²) in [4.78, 5) is 15.4. The fourth-order valence-corrected chi connectivity index (χ4v) is 1.34. The lowest BCUT2D eigenvalue weighted by atomic mass is 10.1. The SMILES string of the molecule is CCOC(=O)Cn1cncc1CNC(C)(C)C. The van der Waals surface area contributed by atoms with Gasteiger partial charge in [-0.3, -0.25) is 4.79 Å². The minimum atomic E-state index is -0.234. The minimum absolute atomic E-state index is 0.0407. The fraction of sp³-hybridized carbons (Fsp3) is 0.667. The van der Waals surface area contributed by atoms with Gasteiger partial charge in [0.25, 0.3) is 0 Å². The molecular formula is C12H21N3O2. The summed E-state index contributed by atoms with van der Waals surface area (Å²) in [6.07, 6.45) is 3.41. The summed E-state index contributed by atoms with van der Waals surface area (Å²) in [6, 6.07) is 0. The van der Waals surface area contributed by atoms with Crippen molar-refractivity contribution in [3.8, 4) is 0 Å². The second-order valence-corrected chi connectivity index (χ2v) is 4.92. The number of hydrogen-bond donors (Lipinski definition) is 1. The number of carbonyl (C=O) groups is 1. The Hall–Kier alpha value is -1.36. The van der Waals surface area contributed by atoms with Gasteiger partial charge in [0.05, 0.1) is 18.6 Å². The predicted octanol–water partition coefficient (Wildman–Crippen LogP) is 1.33. The molecule has 0 bridgehead atoms. The van der Waals surface area contributed by atoms with Crippen LogP contribution in [0.4, 0.5) is 0 Å². The molecule has 5 nitrogen and oxygen atoms in total. The average molecular weight is 239 g/mol. The molecule has 17 heavy (non-hydrogen) atoms. The maximum atomic E-state index is 11.4. The van der Waals surface area contributed by atoms with Gasteiger partial charge in [-0.1, -0.05) is 0 Å². The zero-order chi connectivity index (χ0) is 12.9. The summed E-state index contributed by atoms with van der Waals surface area (Å²) in [5.41, 5.74) is 1.02. The smallest absolute Gasteiger partial charge is 0.325 e. The van der Waals surface area contributed by atoms with E-state index in [1.54, 1.807) is 24.0 Å². The number of esters is 1. The molecule has 0 aliphatic rings. The molecule has 96 valence electrons. The standard InChI is InChI=1S/C12H21N3O2/c1-5-17-11(16)8-15-9-13-6-10(15)7-14-12(2,3)4/h6,9,14H,5,7-8H2,1-4H3. The van der Waals surface area contributed by atoms with E-state index in [0.29, 0.717) is 13.2 Å². The van der Waals surface area contributed by atoms with Gasteiger partial charge in [0.1, 0.15) is 6.54 Å². The summed E-state index contributed by atoms with van der Waals surface area (Å²) in [5, 5.41) is 3.36.